The molecule has 0 saturated heterocycles. The minimum absolute atomic E-state index is 0.135. The van der Waals surface area contributed by atoms with Crippen LogP contribution in [0.3, 0.4) is 0 Å². The zero-order chi connectivity index (χ0) is 13.9. The molecule has 0 aromatic carbocycles. The normalized spacial score (nSPS) is 16.7. The van der Waals surface area contributed by atoms with Gasteiger partial charge in [0, 0.05) is 19.4 Å². The number of ether oxygens (including phenoxy) is 1. The Morgan fingerprint density at radius 3 is 2.47 bits per heavy atom. The van der Waals surface area contributed by atoms with E-state index >= 15 is 0 Å². The molecule has 19 heavy (non-hydrogen) atoms. The number of hydrogen-bond donors (Lipinski definition) is 1. The predicted molar refractivity (Wildman–Crippen MR) is 74.7 cm³/mol. The van der Waals surface area contributed by atoms with E-state index in [1.807, 2.05) is 0 Å². The molecule has 0 unspecified atom stereocenters. The smallest absolute Gasteiger partial charge is 0.305 e. The van der Waals surface area contributed by atoms with Gasteiger partial charge < -0.3 is 10.1 Å². The van der Waals surface area contributed by atoms with Crippen molar-refractivity contribution in [1.29, 1.82) is 0 Å². The van der Waals surface area contributed by atoms with E-state index in [4.69, 9.17) is 4.74 Å². The van der Waals surface area contributed by atoms with Crippen molar-refractivity contribution in [3.63, 3.8) is 0 Å². The van der Waals surface area contributed by atoms with Gasteiger partial charge in [0.2, 0.25) is 5.91 Å². The van der Waals surface area contributed by atoms with Crippen LogP contribution in [0, 0.1) is 5.92 Å². The molecule has 110 valence electrons. The Bertz CT molecular complexity index is 271. The van der Waals surface area contributed by atoms with E-state index in [1.54, 1.807) is 6.92 Å². The van der Waals surface area contributed by atoms with Crippen molar-refractivity contribution in [3.05, 3.63) is 0 Å². The first-order valence-electron chi connectivity index (χ1n) is 7.64. The Kier molecular flexibility index (Phi) is 8.26. The van der Waals surface area contributed by atoms with Crippen molar-refractivity contribution in [1.82, 2.24) is 5.32 Å². The van der Waals surface area contributed by atoms with Crippen molar-refractivity contribution in [3.8, 4) is 0 Å². The number of hydrogen-bond acceptors (Lipinski definition) is 3. The van der Waals surface area contributed by atoms with E-state index in [-0.39, 0.29) is 11.9 Å². The molecule has 1 aliphatic carbocycles. The lowest BCUT2D eigenvalue weighted by Gasteiger charge is -2.13. The SMILES string of the molecule is CCOC(=O)CCCNC(=O)CC1CCCCCC1. The van der Waals surface area contributed by atoms with Crippen LogP contribution < -0.4 is 5.32 Å². The first kappa shape index (κ1) is 16.0. The van der Waals surface area contributed by atoms with Gasteiger partial charge in [-0.1, -0.05) is 25.7 Å². The molecular formula is C15H27NO3. The topological polar surface area (TPSA) is 55.4 Å². The van der Waals surface area contributed by atoms with E-state index < -0.39 is 0 Å². The summed E-state index contributed by atoms with van der Waals surface area (Å²) < 4.78 is 4.83. The average Bonchev–Trinajstić information content (AvgIpc) is 2.64. The summed E-state index contributed by atoms with van der Waals surface area (Å²) in [5, 5.41) is 2.90. The van der Waals surface area contributed by atoms with E-state index in [9.17, 15) is 9.59 Å². The molecular weight excluding hydrogens is 242 g/mol. The van der Waals surface area contributed by atoms with Gasteiger partial charge in [0.05, 0.1) is 6.61 Å². The highest BCUT2D eigenvalue weighted by molar-refractivity contribution is 5.76. The summed E-state index contributed by atoms with van der Waals surface area (Å²) in [7, 11) is 0. The monoisotopic (exact) mass is 269 g/mol. The van der Waals surface area contributed by atoms with Gasteiger partial charge in [-0.3, -0.25) is 9.59 Å². The summed E-state index contributed by atoms with van der Waals surface area (Å²) in [4.78, 5) is 22.9. The fourth-order valence-electron chi connectivity index (χ4n) is 2.60. The van der Waals surface area contributed by atoms with E-state index in [2.05, 4.69) is 5.32 Å². The third-order valence-electron chi connectivity index (χ3n) is 3.63. The summed E-state index contributed by atoms with van der Waals surface area (Å²) in [6.07, 6.45) is 9.25. The van der Waals surface area contributed by atoms with Crippen molar-refractivity contribution in [2.45, 2.75) is 64.7 Å². The van der Waals surface area contributed by atoms with Gasteiger partial charge in [0.1, 0.15) is 0 Å². The van der Waals surface area contributed by atoms with Crippen LogP contribution in [0.15, 0.2) is 0 Å². The van der Waals surface area contributed by atoms with E-state index in [0.717, 1.165) is 0 Å². The summed E-state index contributed by atoms with van der Waals surface area (Å²) in [5.74, 6) is 0.517. The van der Waals surface area contributed by atoms with Gasteiger partial charge in [0.15, 0.2) is 0 Å². The van der Waals surface area contributed by atoms with Crippen LogP contribution in [0.25, 0.3) is 0 Å². The molecule has 0 aliphatic heterocycles. The zero-order valence-electron chi connectivity index (χ0n) is 12.1. The third kappa shape index (κ3) is 7.85. The third-order valence-corrected chi connectivity index (χ3v) is 3.63. The van der Waals surface area contributed by atoms with Crippen LogP contribution in [0.2, 0.25) is 0 Å². The first-order chi connectivity index (χ1) is 9.22. The molecule has 0 atom stereocenters. The molecule has 4 heteroatoms. The van der Waals surface area contributed by atoms with Crippen molar-refractivity contribution in [2.75, 3.05) is 13.2 Å². The van der Waals surface area contributed by atoms with Gasteiger partial charge in [-0.15, -0.1) is 0 Å². The molecule has 0 aromatic rings. The minimum Gasteiger partial charge on any atom is -0.466 e. The Labute approximate surface area is 116 Å². The Morgan fingerprint density at radius 2 is 1.84 bits per heavy atom. The van der Waals surface area contributed by atoms with Crippen molar-refractivity contribution >= 4 is 11.9 Å². The van der Waals surface area contributed by atoms with Gasteiger partial charge in [0.25, 0.3) is 0 Å². The first-order valence-corrected chi connectivity index (χ1v) is 7.64. The van der Waals surface area contributed by atoms with Crippen LogP contribution in [0.1, 0.15) is 64.7 Å². The maximum atomic E-state index is 11.8. The fraction of sp³-hybridized carbons (Fsp3) is 0.867. The van der Waals surface area contributed by atoms with Crippen LogP contribution in [0.4, 0.5) is 0 Å². The summed E-state index contributed by atoms with van der Waals surface area (Å²) in [6, 6.07) is 0. The lowest BCUT2D eigenvalue weighted by molar-refractivity contribution is -0.143. The van der Waals surface area contributed by atoms with E-state index in [1.165, 1.54) is 38.5 Å². The predicted octanol–water partition coefficient (Wildman–Crippen LogP) is 2.81. The maximum absolute atomic E-state index is 11.8. The molecule has 0 bridgehead atoms. The highest BCUT2D eigenvalue weighted by Crippen LogP contribution is 2.25. The second kappa shape index (κ2) is 9.82. The van der Waals surface area contributed by atoms with Gasteiger partial charge in [-0.25, -0.2) is 0 Å². The van der Waals surface area contributed by atoms with Gasteiger partial charge in [-0.05, 0) is 32.1 Å². The molecule has 0 heterocycles. The number of carbonyl (C=O) groups excluding carboxylic acids is 2. The largest absolute Gasteiger partial charge is 0.466 e. The number of amides is 1. The molecule has 1 fully saturated rings. The van der Waals surface area contributed by atoms with Crippen molar-refractivity contribution in [2.24, 2.45) is 5.92 Å². The van der Waals surface area contributed by atoms with Crippen molar-refractivity contribution < 1.29 is 14.3 Å². The van der Waals surface area contributed by atoms with Crippen LogP contribution in [-0.2, 0) is 14.3 Å². The lowest BCUT2D eigenvalue weighted by Crippen LogP contribution is -2.27. The van der Waals surface area contributed by atoms with E-state index in [0.29, 0.717) is 38.3 Å². The second-order valence-corrected chi connectivity index (χ2v) is 5.32. The molecule has 0 radical (unpaired) electrons. The standard InChI is InChI=1S/C15H27NO3/c1-2-19-15(18)10-7-11-16-14(17)12-13-8-5-3-4-6-9-13/h13H,2-12H2,1H3,(H,16,17). The van der Waals surface area contributed by atoms with Crippen LogP contribution >= 0.6 is 0 Å². The molecule has 0 aromatic heterocycles. The molecule has 0 spiro atoms. The number of esters is 1. The van der Waals surface area contributed by atoms with Crippen LogP contribution in [-0.4, -0.2) is 25.0 Å². The average molecular weight is 269 g/mol. The fourth-order valence-corrected chi connectivity index (χ4v) is 2.60. The zero-order valence-corrected chi connectivity index (χ0v) is 12.1. The number of rotatable bonds is 7. The van der Waals surface area contributed by atoms with Crippen LogP contribution in [0.5, 0.6) is 0 Å². The summed E-state index contributed by atoms with van der Waals surface area (Å²) in [6.45, 7) is 2.80. The molecule has 1 aliphatic rings. The molecule has 4 nitrogen and oxygen atoms in total. The van der Waals surface area contributed by atoms with Gasteiger partial charge >= 0.3 is 5.97 Å². The summed E-state index contributed by atoms with van der Waals surface area (Å²) in [5.41, 5.74) is 0. The molecule has 1 rings (SSSR count). The minimum atomic E-state index is -0.180. The Hall–Kier alpha value is -1.06. The molecule has 1 saturated carbocycles. The summed E-state index contributed by atoms with van der Waals surface area (Å²) >= 11 is 0. The Balaban J connectivity index is 2.05. The maximum Gasteiger partial charge on any atom is 0.305 e. The molecule has 1 amide bonds. The highest BCUT2D eigenvalue weighted by atomic mass is 16.5. The lowest BCUT2D eigenvalue weighted by atomic mass is 9.96. The number of nitrogens with one attached hydrogen (secondary N) is 1. The highest BCUT2D eigenvalue weighted by Gasteiger charge is 2.15. The van der Waals surface area contributed by atoms with Gasteiger partial charge in [-0.2, -0.15) is 0 Å². The molecule has 1 N–H and O–H groups in total. The second-order valence-electron chi connectivity index (χ2n) is 5.32. The number of carbonyl (C=O) groups is 2. The Morgan fingerprint density at radius 1 is 1.16 bits per heavy atom. The quantitative estimate of drug-likeness (QED) is 0.439.